The van der Waals surface area contributed by atoms with Crippen LogP contribution in [0.2, 0.25) is 0 Å². The number of rotatable bonds is 6. The van der Waals surface area contributed by atoms with E-state index in [0.29, 0.717) is 16.7 Å². The van der Waals surface area contributed by atoms with Gasteiger partial charge < -0.3 is 5.73 Å². The molecule has 1 aliphatic rings. The van der Waals surface area contributed by atoms with Crippen LogP contribution in [-0.2, 0) is 16.6 Å². The second-order valence-corrected chi connectivity index (χ2v) is 9.65. The smallest absolute Gasteiger partial charge is 0.241 e. The molecule has 1 aromatic heterocycles. The number of aryl methyl sites for hydroxylation is 1. The minimum absolute atomic E-state index is 0.0738. The first-order valence-corrected chi connectivity index (χ1v) is 10.2. The minimum Gasteiger partial charge on any atom is -0.326 e. The second kappa shape index (κ2) is 6.79. The molecule has 0 bridgehead atoms. The van der Waals surface area contributed by atoms with E-state index in [9.17, 15) is 8.42 Å². The highest BCUT2D eigenvalue weighted by atomic mass is 32.2. The number of hydrogen-bond acceptors (Lipinski definition) is 5. The molecule has 0 saturated heterocycles. The largest absolute Gasteiger partial charge is 0.326 e. The van der Waals surface area contributed by atoms with Gasteiger partial charge in [-0.05, 0) is 38.0 Å². The molecule has 1 fully saturated rings. The lowest BCUT2D eigenvalue weighted by Gasteiger charge is -2.13. The Bertz CT molecular complexity index is 554. The molecule has 1 aliphatic carbocycles. The summed E-state index contributed by atoms with van der Waals surface area (Å²) in [6, 6.07) is 1.78. The van der Waals surface area contributed by atoms with E-state index in [2.05, 4.69) is 11.6 Å². The van der Waals surface area contributed by atoms with Gasteiger partial charge in [-0.3, -0.25) is 0 Å². The molecule has 4 nitrogen and oxygen atoms in total. The Morgan fingerprint density at radius 1 is 1.50 bits per heavy atom. The Morgan fingerprint density at radius 2 is 2.25 bits per heavy atom. The summed E-state index contributed by atoms with van der Waals surface area (Å²) in [4.78, 5) is 2.12. The van der Waals surface area contributed by atoms with Gasteiger partial charge in [0.05, 0.1) is 4.90 Å². The molecule has 0 aromatic carbocycles. The van der Waals surface area contributed by atoms with Gasteiger partial charge in [0.2, 0.25) is 10.0 Å². The molecule has 1 saturated carbocycles. The van der Waals surface area contributed by atoms with Gasteiger partial charge in [-0.1, -0.05) is 6.92 Å². The zero-order valence-corrected chi connectivity index (χ0v) is 14.3. The van der Waals surface area contributed by atoms with Crippen LogP contribution in [0.3, 0.4) is 0 Å². The van der Waals surface area contributed by atoms with Gasteiger partial charge >= 0.3 is 0 Å². The van der Waals surface area contributed by atoms with Crippen molar-refractivity contribution >= 4 is 33.1 Å². The third-order valence-electron chi connectivity index (χ3n) is 3.52. The lowest BCUT2D eigenvalue weighted by atomic mass is 10.3. The van der Waals surface area contributed by atoms with E-state index in [1.54, 1.807) is 6.07 Å². The molecule has 2 atom stereocenters. The molecule has 20 heavy (non-hydrogen) atoms. The van der Waals surface area contributed by atoms with Crippen molar-refractivity contribution in [1.82, 2.24) is 4.72 Å². The van der Waals surface area contributed by atoms with Gasteiger partial charge in [-0.15, -0.1) is 11.3 Å². The SMILES string of the molecule is CCSC1CCC(NS(=O)(=O)c2cc(CN)sc2C)C1. The Labute approximate surface area is 129 Å². The topological polar surface area (TPSA) is 72.2 Å². The summed E-state index contributed by atoms with van der Waals surface area (Å²) in [5, 5.41) is 0.593. The normalized spacial score (nSPS) is 23.4. The van der Waals surface area contributed by atoms with E-state index in [1.165, 1.54) is 11.3 Å². The molecular formula is C13H22N2O2S3. The van der Waals surface area contributed by atoms with Gasteiger partial charge in [-0.2, -0.15) is 11.8 Å². The van der Waals surface area contributed by atoms with Crippen LogP contribution < -0.4 is 10.5 Å². The van der Waals surface area contributed by atoms with Crippen LogP contribution in [0.15, 0.2) is 11.0 Å². The highest BCUT2D eigenvalue weighted by Gasteiger charge is 2.29. The first-order chi connectivity index (χ1) is 9.46. The average molecular weight is 335 g/mol. The zero-order chi connectivity index (χ0) is 14.8. The van der Waals surface area contributed by atoms with Crippen molar-refractivity contribution in [2.75, 3.05) is 5.75 Å². The minimum atomic E-state index is -3.41. The van der Waals surface area contributed by atoms with Crippen LogP contribution in [-0.4, -0.2) is 25.5 Å². The van der Waals surface area contributed by atoms with Crippen LogP contribution in [0.5, 0.6) is 0 Å². The molecule has 0 aliphatic heterocycles. The molecule has 2 unspecified atom stereocenters. The van der Waals surface area contributed by atoms with Crippen molar-refractivity contribution in [2.45, 2.75) is 55.8 Å². The van der Waals surface area contributed by atoms with Crippen molar-refractivity contribution in [3.8, 4) is 0 Å². The Morgan fingerprint density at radius 3 is 2.85 bits per heavy atom. The quantitative estimate of drug-likeness (QED) is 0.838. The zero-order valence-electron chi connectivity index (χ0n) is 11.9. The predicted molar refractivity (Wildman–Crippen MR) is 86.8 cm³/mol. The molecule has 0 radical (unpaired) electrons. The third-order valence-corrected chi connectivity index (χ3v) is 7.60. The van der Waals surface area contributed by atoms with Crippen LogP contribution in [0.25, 0.3) is 0 Å². The summed E-state index contributed by atoms with van der Waals surface area (Å²) >= 11 is 3.39. The fourth-order valence-corrected chi connectivity index (χ4v) is 6.55. The van der Waals surface area contributed by atoms with Crippen LogP contribution in [0, 0.1) is 6.92 Å². The Balaban J connectivity index is 2.06. The lowest BCUT2D eigenvalue weighted by molar-refractivity contribution is 0.552. The number of thiophene rings is 1. The third kappa shape index (κ3) is 3.76. The molecule has 7 heteroatoms. The maximum Gasteiger partial charge on any atom is 0.241 e. The first kappa shape index (κ1) is 16.3. The van der Waals surface area contributed by atoms with Gasteiger partial charge in [-0.25, -0.2) is 13.1 Å². The molecule has 3 N–H and O–H groups in total. The predicted octanol–water partition coefficient (Wildman–Crippen LogP) is 2.47. The second-order valence-electron chi connectivity index (χ2n) is 5.05. The van der Waals surface area contributed by atoms with Crippen molar-refractivity contribution in [2.24, 2.45) is 5.73 Å². The van der Waals surface area contributed by atoms with Crippen molar-refractivity contribution in [1.29, 1.82) is 0 Å². The Kier molecular flexibility index (Phi) is 5.53. The van der Waals surface area contributed by atoms with E-state index < -0.39 is 10.0 Å². The average Bonchev–Trinajstić information content (AvgIpc) is 2.96. The van der Waals surface area contributed by atoms with Gasteiger partial charge in [0.25, 0.3) is 0 Å². The summed E-state index contributed by atoms with van der Waals surface area (Å²) in [5.74, 6) is 1.09. The number of nitrogens with two attached hydrogens (primary N) is 1. The number of nitrogens with one attached hydrogen (secondary N) is 1. The van der Waals surface area contributed by atoms with Crippen molar-refractivity contribution < 1.29 is 8.42 Å². The molecule has 1 aromatic rings. The molecule has 0 spiro atoms. The van der Waals surface area contributed by atoms with E-state index in [-0.39, 0.29) is 6.04 Å². The number of hydrogen-bond donors (Lipinski definition) is 2. The standard InChI is InChI=1S/C13H22N2O2S3/c1-3-18-11-5-4-10(6-11)15-20(16,17)13-7-12(8-14)19-9(13)2/h7,10-11,15H,3-6,8,14H2,1-2H3. The summed E-state index contributed by atoms with van der Waals surface area (Å²) < 4.78 is 27.8. The summed E-state index contributed by atoms with van der Waals surface area (Å²) in [5.41, 5.74) is 5.58. The molecule has 114 valence electrons. The highest BCUT2D eigenvalue weighted by molar-refractivity contribution is 7.99. The van der Waals surface area contributed by atoms with Crippen molar-refractivity contribution in [3.63, 3.8) is 0 Å². The fourth-order valence-electron chi connectivity index (χ4n) is 2.61. The fraction of sp³-hybridized carbons (Fsp3) is 0.692. The maximum absolute atomic E-state index is 12.5. The number of thioether (sulfide) groups is 1. The molecule has 0 amide bonds. The van der Waals surface area contributed by atoms with Crippen LogP contribution in [0.1, 0.15) is 35.9 Å². The summed E-state index contributed by atoms with van der Waals surface area (Å²) in [6.07, 6.45) is 2.97. The number of sulfonamides is 1. The molecular weight excluding hydrogens is 312 g/mol. The van der Waals surface area contributed by atoms with Crippen molar-refractivity contribution in [3.05, 3.63) is 15.8 Å². The lowest BCUT2D eigenvalue weighted by Crippen LogP contribution is -2.33. The van der Waals surface area contributed by atoms with Gasteiger partial charge in [0.1, 0.15) is 0 Å². The van der Waals surface area contributed by atoms with E-state index in [4.69, 9.17) is 5.73 Å². The van der Waals surface area contributed by atoms with E-state index >= 15 is 0 Å². The molecule has 2 rings (SSSR count). The van der Waals surface area contributed by atoms with Crippen LogP contribution >= 0.6 is 23.1 Å². The first-order valence-electron chi connectivity index (χ1n) is 6.89. The summed E-state index contributed by atoms with van der Waals surface area (Å²) in [6.45, 7) is 4.37. The Hall–Kier alpha value is -0.0800. The highest BCUT2D eigenvalue weighted by Crippen LogP contribution is 2.31. The summed E-state index contributed by atoms with van der Waals surface area (Å²) in [7, 11) is -3.41. The van der Waals surface area contributed by atoms with E-state index in [0.717, 1.165) is 34.8 Å². The molecule has 1 heterocycles. The van der Waals surface area contributed by atoms with Crippen LogP contribution in [0.4, 0.5) is 0 Å². The van der Waals surface area contributed by atoms with E-state index in [1.807, 2.05) is 18.7 Å². The van der Waals surface area contributed by atoms with Gasteiger partial charge in [0, 0.05) is 27.6 Å². The van der Waals surface area contributed by atoms with Gasteiger partial charge in [0.15, 0.2) is 0 Å². The maximum atomic E-state index is 12.5. The monoisotopic (exact) mass is 334 g/mol.